The average molecular weight is 282 g/mol. The van der Waals surface area contributed by atoms with Gasteiger partial charge in [0.05, 0.1) is 0 Å². The molecule has 1 fully saturated rings. The number of benzene rings is 2. The van der Waals surface area contributed by atoms with Crippen molar-refractivity contribution in [1.82, 2.24) is 4.90 Å². The largest absolute Gasteiger partial charge is 0.489 e. The van der Waals surface area contributed by atoms with Gasteiger partial charge in [-0.25, -0.2) is 0 Å². The molecule has 1 saturated heterocycles. The second kappa shape index (κ2) is 6.29. The molecule has 0 amide bonds. The van der Waals surface area contributed by atoms with Crippen LogP contribution in [0.2, 0.25) is 0 Å². The maximum atomic E-state index is 5.84. The van der Waals surface area contributed by atoms with Gasteiger partial charge in [-0.15, -0.1) is 0 Å². The summed E-state index contributed by atoms with van der Waals surface area (Å²) >= 11 is 0. The Balaban J connectivity index is 1.56. The summed E-state index contributed by atoms with van der Waals surface area (Å²) in [4.78, 5) is 2.39. The molecule has 1 aliphatic heterocycles. The van der Waals surface area contributed by atoms with Crippen molar-refractivity contribution in [3.05, 3.63) is 65.7 Å². The molecular weight excluding hydrogens is 260 g/mol. The highest BCUT2D eigenvalue weighted by molar-refractivity contribution is 5.29. The van der Waals surface area contributed by atoms with E-state index in [0.717, 1.165) is 18.8 Å². The van der Waals surface area contributed by atoms with Crippen molar-refractivity contribution in [2.24, 2.45) is 5.73 Å². The van der Waals surface area contributed by atoms with E-state index in [-0.39, 0.29) is 0 Å². The van der Waals surface area contributed by atoms with Crippen LogP contribution >= 0.6 is 0 Å². The third kappa shape index (κ3) is 3.43. The molecule has 0 bridgehead atoms. The molecule has 2 aromatic carbocycles. The zero-order chi connectivity index (χ0) is 14.7. The number of hydrogen-bond acceptors (Lipinski definition) is 3. The highest BCUT2D eigenvalue weighted by atomic mass is 16.5. The van der Waals surface area contributed by atoms with Crippen LogP contribution in [0.1, 0.15) is 24.1 Å². The van der Waals surface area contributed by atoms with Crippen molar-refractivity contribution in [2.45, 2.75) is 25.6 Å². The fourth-order valence-electron chi connectivity index (χ4n) is 2.66. The fourth-order valence-corrected chi connectivity index (χ4v) is 2.66. The Bertz CT molecular complexity index is 562. The topological polar surface area (TPSA) is 38.5 Å². The quantitative estimate of drug-likeness (QED) is 0.916. The smallest absolute Gasteiger partial charge is 0.119 e. The van der Waals surface area contributed by atoms with E-state index in [4.69, 9.17) is 10.5 Å². The first kappa shape index (κ1) is 14.1. The number of likely N-dealkylation sites (tertiary alicyclic amines) is 1. The zero-order valence-corrected chi connectivity index (χ0v) is 12.4. The number of hydrogen-bond donors (Lipinski definition) is 1. The lowest BCUT2D eigenvalue weighted by Gasteiger charge is -2.41. The van der Waals surface area contributed by atoms with Gasteiger partial charge >= 0.3 is 0 Å². The third-order valence-corrected chi connectivity index (χ3v) is 4.10. The SMILES string of the molecule is CC(c1ccc(OCc2ccccc2)cc1)N1CC(N)C1. The maximum absolute atomic E-state index is 5.84. The molecule has 3 rings (SSSR count). The number of rotatable bonds is 5. The molecule has 0 spiro atoms. The predicted octanol–water partition coefficient (Wildman–Crippen LogP) is 2.97. The summed E-state index contributed by atoms with van der Waals surface area (Å²) in [5.74, 6) is 0.912. The first-order valence-electron chi connectivity index (χ1n) is 7.48. The van der Waals surface area contributed by atoms with E-state index in [2.05, 4.69) is 48.2 Å². The molecule has 21 heavy (non-hydrogen) atoms. The molecular formula is C18H22N2O. The van der Waals surface area contributed by atoms with Crippen LogP contribution in [0, 0.1) is 0 Å². The van der Waals surface area contributed by atoms with Crippen molar-refractivity contribution >= 4 is 0 Å². The van der Waals surface area contributed by atoms with Crippen LogP contribution in [-0.2, 0) is 6.61 Å². The Morgan fingerprint density at radius 2 is 1.76 bits per heavy atom. The molecule has 0 radical (unpaired) electrons. The minimum absolute atomic E-state index is 0.348. The lowest BCUT2D eigenvalue weighted by molar-refractivity contribution is 0.103. The van der Waals surface area contributed by atoms with Gasteiger partial charge in [0.25, 0.3) is 0 Å². The van der Waals surface area contributed by atoms with Gasteiger partial charge < -0.3 is 10.5 Å². The lowest BCUT2D eigenvalue weighted by atomic mass is 10.0. The minimum Gasteiger partial charge on any atom is -0.489 e. The number of nitrogens with two attached hydrogens (primary N) is 1. The number of ether oxygens (including phenoxy) is 1. The van der Waals surface area contributed by atoms with Crippen molar-refractivity contribution < 1.29 is 4.74 Å². The van der Waals surface area contributed by atoms with E-state index >= 15 is 0 Å². The van der Waals surface area contributed by atoms with Crippen molar-refractivity contribution in [2.75, 3.05) is 13.1 Å². The minimum atomic E-state index is 0.348. The highest BCUT2D eigenvalue weighted by Crippen LogP contribution is 2.26. The Hall–Kier alpha value is -1.84. The van der Waals surface area contributed by atoms with E-state index in [0.29, 0.717) is 18.7 Å². The molecule has 3 nitrogen and oxygen atoms in total. The van der Waals surface area contributed by atoms with Crippen LogP contribution in [0.4, 0.5) is 0 Å². The molecule has 1 heterocycles. The normalized spacial score (nSPS) is 17.2. The maximum Gasteiger partial charge on any atom is 0.119 e. The summed E-state index contributed by atoms with van der Waals surface area (Å²) in [5.41, 5.74) is 8.34. The summed E-state index contributed by atoms with van der Waals surface area (Å²) in [6, 6.07) is 19.4. The molecule has 0 aromatic heterocycles. The van der Waals surface area contributed by atoms with Crippen molar-refractivity contribution in [3.8, 4) is 5.75 Å². The van der Waals surface area contributed by atoms with Gasteiger partial charge in [-0.05, 0) is 30.2 Å². The van der Waals surface area contributed by atoms with Gasteiger partial charge in [0.1, 0.15) is 12.4 Å². The molecule has 0 saturated carbocycles. The summed E-state index contributed by atoms with van der Waals surface area (Å²) in [7, 11) is 0. The van der Waals surface area contributed by atoms with Gasteiger partial charge in [-0.1, -0.05) is 42.5 Å². The second-order valence-electron chi connectivity index (χ2n) is 5.73. The monoisotopic (exact) mass is 282 g/mol. The summed E-state index contributed by atoms with van der Waals surface area (Å²) in [6.45, 7) is 4.82. The van der Waals surface area contributed by atoms with Crippen LogP contribution in [0.3, 0.4) is 0 Å². The zero-order valence-electron chi connectivity index (χ0n) is 12.4. The molecule has 1 unspecified atom stereocenters. The van der Waals surface area contributed by atoms with Gasteiger partial charge in [-0.3, -0.25) is 4.90 Å². The molecule has 3 heteroatoms. The van der Waals surface area contributed by atoms with E-state index < -0.39 is 0 Å². The Morgan fingerprint density at radius 1 is 1.10 bits per heavy atom. The van der Waals surface area contributed by atoms with E-state index in [1.165, 1.54) is 11.1 Å². The molecule has 110 valence electrons. The Kier molecular flexibility index (Phi) is 4.23. The summed E-state index contributed by atoms with van der Waals surface area (Å²) in [5, 5.41) is 0. The standard InChI is InChI=1S/C18H22N2O/c1-14(20-11-17(19)12-20)16-7-9-18(10-8-16)21-13-15-5-3-2-4-6-15/h2-10,14,17H,11-13,19H2,1H3. The Labute approximate surface area is 126 Å². The molecule has 1 aliphatic rings. The van der Waals surface area contributed by atoms with Crippen LogP contribution in [-0.4, -0.2) is 24.0 Å². The van der Waals surface area contributed by atoms with Crippen LogP contribution in [0.5, 0.6) is 5.75 Å². The first-order chi connectivity index (χ1) is 10.2. The average Bonchev–Trinajstić information content (AvgIpc) is 2.51. The van der Waals surface area contributed by atoms with Crippen LogP contribution < -0.4 is 10.5 Å². The number of nitrogens with zero attached hydrogens (tertiary/aromatic N) is 1. The van der Waals surface area contributed by atoms with Crippen LogP contribution in [0.25, 0.3) is 0 Å². The van der Waals surface area contributed by atoms with Gasteiger partial charge in [-0.2, -0.15) is 0 Å². The van der Waals surface area contributed by atoms with Crippen LogP contribution in [0.15, 0.2) is 54.6 Å². The molecule has 2 aromatic rings. The Morgan fingerprint density at radius 3 is 2.38 bits per heavy atom. The fraction of sp³-hybridized carbons (Fsp3) is 0.333. The predicted molar refractivity (Wildman–Crippen MR) is 85.2 cm³/mol. The second-order valence-corrected chi connectivity index (χ2v) is 5.73. The lowest BCUT2D eigenvalue weighted by Crippen LogP contribution is -2.56. The van der Waals surface area contributed by atoms with E-state index in [1.807, 2.05) is 18.2 Å². The molecule has 0 aliphatic carbocycles. The van der Waals surface area contributed by atoms with E-state index in [1.54, 1.807) is 0 Å². The molecule has 2 N–H and O–H groups in total. The van der Waals surface area contributed by atoms with E-state index in [9.17, 15) is 0 Å². The van der Waals surface area contributed by atoms with Crippen molar-refractivity contribution in [3.63, 3.8) is 0 Å². The van der Waals surface area contributed by atoms with Crippen molar-refractivity contribution in [1.29, 1.82) is 0 Å². The summed E-state index contributed by atoms with van der Waals surface area (Å²) < 4.78 is 5.81. The highest BCUT2D eigenvalue weighted by Gasteiger charge is 2.27. The van der Waals surface area contributed by atoms with Gasteiger partial charge in [0.2, 0.25) is 0 Å². The first-order valence-corrected chi connectivity index (χ1v) is 7.48. The van der Waals surface area contributed by atoms with Gasteiger partial charge in [0.15, 0.2) is 0 Å². The summed E-state index contributed by atoms with van der Waals surface area (Å²) in [6.07, 6.45) is 0. The van der Waals surface area contributed by atoms with Gasteiger partial charge in [0, 0.05) is 25.2 Å². The third-order valence-electron chi connectivity index (χ3n) is 4.10. The molecule has 1 atom stereocenters.